The van der Waals surface area contributed by atoms with Crippen LogP contribution in [-0.2, 0) is 17.7 Å². The summed E-state index contributed by atoms with van der Waals surface area (Å²) in [7, 11) is 0. The van der Waals surface area contributed by atoms with E-state index in [0.29, 0.717) is 0 Å². The highest BCUT2D eigenvalue weighted by Gasteiger charge is 2.24. The van der Waals surface area contributed by atoms with Gasteiger partial charge >= 0.3 is 0 Å². The van der Waals surface area contributed by atoms with Crippen LogP contribution in [0.15, 0.2) is 24.3 Å². The molecule has 0 bridgehead atoms. The first-order valence-corrected chi connectivity index (χ1v) is 10.4. The molecule has 0 amide bonds. The maximum absolute atomic E-state index is 5.50. The summed E-state index contributed by atoms with van der Waals surface area (Å²) in [6.07, 6.45) is 3.05. The summed E-state index contributed by atoms with van der Waals surface area (Å²) in [4.78, 5) is 7.34. The topological polar surface area (TPSA) is 43.2 Å². The smallest absolute Gasteiger partial charge is 0.151 e. The Hall–Kier alpha value is -1.37. The van der Waals surface area contributed by atoms with Crippen molar-refractivity contribution in [2.75, 3.05) is 38.3 Å². The molecule has 0 aliphatic carbocycles. The van der Waals surface area contributed by atoms with E-state index in [2.05, 4.69) is 54.0 Å². The van der Waals surface area contributed by atoms with E-state index < -0.39 is 0 Å². The van der Waals surface area contributed by atoms with Gasteiger partial charge in [0.1, 0.15) is 5.82 Å². The fourth-order valence-corrected chi connectivity index (χ4v) is 3.63. The van der Waals surface area contributed by atoms with E-state index >= 15 is 0 Å². The summed E-state index contributed by atoms with van der Waals surface area (Å²) in [5.41, 5.74) is 2.56. The summed E-state index contributed by atoms with van der Waals surface area (Å²) in [6, 6.07) is 8.89. The van der Waals surface area contributed by atoms with Gasteiger partial charge in [-0.3, -0.25) is 4.90 Å². The van der Waals surface area contributed by atoms with Gasteiger partial charge < -0.3 is 4.74 Å². The van der Waals surface area contributed by atoms with E-state index in [1.165, 1.54) is 11.1 Å². The zero-order chi connectivity index (χ0) is 17.6. The molecule has 1 aromatic heterocycles. The number of aromatic nitrogens is 3. The molecule has 2 aromatic rings. The second-order valence-electron chi connectivity index (χ2n) is 6.60. The van der Waals surface area contributed by atoms with Gasteiger partial charge in [0.25, 0.3) is 0 Å². The van der Waals surface area contributed by atoms with Gasteiger partial charge in [0.15, 0.2) is 5.82 Å². The Morgan fingerprint density at radius 3 is 2.80 bits per heavy atom. The third kappa shape index (κ3) is 4.84. The van der Waals surface area contributed by atoms with Crippen LogP contribution in [0.4, 0.5) is 0 Å². The van der Waals surface area contributed by atoms with Crippen LogP contribution in [0.3, 0.4) is 0 Å². The highest BCUT2D eigenvalue weighted by molar-refractivity contribution is 7.98. The van der Waals surface area contributed by atoms with Gasteiger partial charge in [0.05, 0.1) is 25.8 Å². The molecule has 1 atom stereocenters. The number of ether oxygens (including phenoxy) is 1. The largest absolute Gasteiger partial charge is 0.379 e. The van der Waals surface area contributed by atoms with Crippen molar-refractivity contribution < 1.29 is 4.74 Å². The van der Waals surface area contributed by atoms with Gasteiger partial charge in [-0.15, -0.1) is 0 Å². The molecule has 0 saturated carbocycles. The number of hydrogen-bond acceptors (Lipinski definition) is 5. The van der Waals surface area contributed by atoms with Crippen molar-refractivity contribution in [1.29, 1.82) is 0 Å². The number of morpholine rings is 1. The summed E-state index contributed by atoms with van der Waals surface area (Å²) in [6.45, 7) is 8.66. The van der Waals surface area contributed by atoms with E-state index in [1.54, 1.807) is 0 Å². The third-order valence-electron chi connectivity index (χ3n) is 4.66. The van der Waals surface area contributed by atoms with Crippen LogP contribution in [-0.4, -0.2) is 58.0 Å². The van der Waals surface area contributed by atoms with Crippen molar-refractivity contribution in [1.82, 2.24) is 19.7 Å². The minimum atomic E-state index is 0.254. The monoisotopic (exact) mass is 360 g/mol. The van der Waals surface area contributed by atoms with E-state index in [1.807, 2.05) is 11.8 Å². The fourth-order valence-electron chi connectivity index (χ4n) is 3.24. The first-order chi connectivity index (χ1) is 12.2. The lowest BCUT2D eigenvalue weighted by Crippen LogP contribution is -2.39. The molecule has 6 heteroatoms. The van der Waals surface area contributed by atoms with Crippen LogP contribution in [0, 0.1) is 6.92 Å². The zero-order valence-electron chi connectivity index (χ0n) is 15.4. The summed E-state index contributed by atoms with van der Waals surface area (Å²) in [5, 5.41) is 4.82. The minimum Gasteiger partial charge on any atom is -0.379 e. The molecule has 1 fully saturated rings. The quantitative estimate of drug-likeness (QED) is 0.759. The maximum Gasteiger partial charge on any atom is 0.151 e. The van der Waals surface area contributed by atoms with Gasteiger partial charge in [-0.25, -0.2) is 9.67 Å². The molecule has 136 valence electrons. The summed E-state index contributed by atoms with van der Waals surface area (Å²) >= 11 is 1.84. The molecule has 2 heterocycles. The number of benzene rings is 1. The molecular weight excluding hydrogens is 332 g/mol. The number of rotatable bonds is 7. The minimum absolute atomic E-state index is 0.254. The van der Waals surface area contributed by atoms with Gasteiger partial charge in [-0.2, -0.15) is 16.9 Å². The highest BCUT2D eigenvalue weighted by atomic mass is 32.2. The normalized spacial score (nSPS) is 16.9. The molecule has 1 aromatic carbocycles. The standard InChI is InChI=1S/C19H28N4OS/c1-15-5-4-6-17(13-15)14-23-19(20-18(21-23)7-12-25-3)16(2)22-8-10-24-11-9-22/h4-6,13,16H,7-12,14H2,1-3H3/t16-/m1/s1. The lowest BCUT2D eigenvalue weighted by molar-refractivity contribution is 0.0174. The van der Waals surface area contributed by atoms with Crippen molar-refractivity contribution in [3.8, 4) is 0 Å². The Bertz CT molecular complexity index is 682. The van der Waals surface area contributed by atoms with E-state index in [0.717, 1.165) is 56.7 Å². The highest BCUT2D eigenvalue weighted by Crippen LogP contribution is 2.21. The molecule has 25 heavy (non-hydrogen) atoms. The Morgan fingerprint density at radius 1 is 1.28 bits per heavy atom. The van der Waals surface area contributed by atoms with Crippen LogP contribution < -0.4 is 0 Å². The van der Waals surface area contributed by atoms with Crippen LogP contribution in [0.1, 0.15) is 35.7 Å². The van der Waals surface area contributed by atoms with Gasteiger partial charge in [-0.05, 0) is 25.7 Å². The molecule has 0 unspecified atom stereocenters. The molecule has 1 saturated heterocycles. The number of aryl methyl sites for hydroxylation is 2. The Labute approximate surface area is 154 Å². The number of hydrogen-bond donors (Lipinski definition) is 0. The number of thioether (sulfide) groups is 1. The van der Waals surface area contributed by atoms with Crippen molar-refractivity contribution >= 4 is 11.8 Å². The van der Waals surface area contributed by atoms with Crippen molar-refractivity contribution in [3.63, 3.8) is 0 Å². The van der Waals surface area contributed by atoms with Crippen LogP contribution in [0.2, 0.25) is 0 Å². The van der Waals surface area contributed by atoms with E-state index in [-0.39, 0.29) is 6.04 Å². The molecule has 1 aliphatic rings. The predicted octanol–water partition coefficient (Wildman–Crippen LogP) is 2.93. The Morgan fingerprint density at radius 2 is 2.08 bits per heavy atom. The van der Waals surface area contributed by atoms with Crippen LogP contribution in [0.5, 0.6) is 0 Å². The van der Waals surface area contributed by atoms with Crippen molar-refractivity contribution in [3.05, 3.63) is 47.0 Å². The lowest BCUT2D eigenvalue weighted by Gasteiger charge is -2.31. The zero-order valence-corrected chi connectivity index (χ0v) is 16.3. The molecule has 0 N–H and O–H groups in total. The molecular formula is C19H28N4OS. The van der Waals surface area contributed by atoms with Crippen molar-refractivity contribution in [2.45, 2.75) is 32.9 Å². The second-order valence-corrected chi connectivity index (χ2v) is 7.59. The fraction of sp³-hybridized carbons (Fsp3) is 0.579. The molecule has 0 spiro atoms. The van der Waals surface area contributed by atoms with Crippen LogP contribution >= 0.6 is 11.8 Å². The maximum atomic E-state index is 5.50. The van der Waals surface area contributed by atoms with E-state index in [4.69, 9.17) is 14.8 Å². The van der Waals surface area contributed by atoms with Gasteiger partial charge in [0.2, 0.25) is 0 Å². The van der Waals surface area contributed by atoms with Gasteiger partial charge in [-0.1, -0.05) is 29.8 Å². The van der Waals surface area contributed by atoms with Crippen molar-refractivity contribution in [2.24, 2.45) is 0 Å². The molecule has 0 radical (unpaired) electrons. The molecule has 5 nitrogen and oxygen atoms in total. The van der Waals surface area contributed by atoms with Crippen LogP contribution in [0.25, 0.3) is 0 Å². The average molecular weight is 361 g/mol. The second kappa shape index (κ2) is 8.83. The predicted molar refractivity (Wildman–Crippen MR) is 103 cm³/mol. The Kier molecular flexibility index (Phi) is 6.51. The first kappa shape index (κ1) is 18.4. The summed E-state index contributed by atoms with van der Waals surface area (Å²) < 4.78 is 7.60. The number of nitrogens with zero attached hydrogens (tertiary/aromatic N) is 4. The molecule has 3 rings (SSSR count). The van der Waals surface area contributed by atoms with Gasteiger partial charge in [0, 0.05) is 25.3 Å². The lowest BCUT2D eigenvalue weighted by atomic mass is 10.1. The SMILES string of the molecule is CSCCc1nc([C@@H](C)N2CCOCC2)n(Cc2cccc(C)c2)n1. The summed E-state index contributed by atoms with van der Waals surface area (Å²) in [5.74, 6) is 3.08. The third-order valence-corrected chi connectivity index (χ3v) is 5.27. The Balaban J connectivity index is 1.84. The van der Waals surface area contributed by atoms with E-state index in [9.17, 15) is 0 Å². The average Bonchev–Trinajstić information content (AvgIpc) is 3.02. The molecule has 1 aliphatic heterocycles. The first-order valence-electron chi connectivity index (χ1n) is 8.97.